The minimum absolute atomic E-state index is 0.0245. The monoisotopic (exact) mass is 305 g/mol. The molecule has 1 radical (unpaired) electrons. The van der Waals surface area contributed by atoms with Crippen LogP contribution in [-0.4, -0.2) is 10.4 Å². The maximum absolute atomic E-state index is 12.7. The van der Waals surface area contributed by atoms with Crippen LogP contribution in [0.4, 0.5) is 0 Å². The number of fused-ring (bicyclic) bond motifs is 1. The Morgan fingerprint density at radius 1 is 1.04 bits per heavy atom. The number of hydrogen-bond donors (Lipinski definition) is 1. The van der Waals surface area contributed by atoms with Gasteiger partial charge in [0, 0.05) is 24.7 Å². The lowest BCUT2D eigenvalue weighted by atomic mass is 9.83. The molecule has 1 heterocycles. The first-order valence-electron chi connectivity index (χ1n) is 7.86. The molecule has 23 heavy (non-hydrogen) atoms. The molecular formula is C20H21N2O. The summed E-state index contributed by atoms with van der Waals surface area (Å²) in [6, 6.07) is 19.7. The van der Waals surface area contributed by atoms with Gasteiger partial charge >= 0.3 is 0 Å². The van der Waals surface area contributed by atoms with Gasteiger partial charge in [-0.05, 0) is 29.5 Å². The SMILES string of the molecule is [CH2]CC(N)(C(=O)CCn1ccc2ccccc21)c1ccccc1. The molecule has 3 heteroatoms. The quantitative estimate of drug-likeness (QED) is 0.755. The first kappa shape index (κ1) is 15.5. The molecule has 0 spiro atoms. The maximum atomic E-state index is 12.7. The zero-order valence-electron chi connectivity index (χ0n) is 13.1. The highest BCUT2D eigenvalue weighted by molar-refractivity contribution is 5.89. The van der Waals surface area contributed by atoms with Gasteiger partial charge < -0.3 is 10.3 Å². The molecule has 0 saturated carbocycles. The van der Waals surface area contributed by atoms with E-state index in [1.807, 2.05) is 48.7 Å². The molecule has 2 N–H and O–H groups in total. The lowest BCUT2D eigenvalue weighted by Gasteiger charge is -2.27. The van der Waals surface area contributed by atoms with Gasteiger partial charge in [-0.1, -0.05) is 55.5 Å². The fourth-order valence-electron chi connectivity index (χ4n) is 2.96. The van der Waals surface area contributed by atoms with Crippen molar-refractivity contribution in [3.63, 3.8) is 0 Å². The fourth-order valence-corrected chi connectivity index (χ4v) is 2.96. The number of nitrogens with two attached hydrogens (primary N) is 1. The van der Waals surface area contributed by atoms with Crippen LogP contribution in [0.15, 0.2) is 66.9 Å². The van der Waals surface area contributed by atoms with Crippen molar-refractivity contribution in [2.45, 2.75) is 24.9 Å². The van der Waals surface area contributed by atoms with E-state index in [9.17, 15) is 4.79 Å². The topological polar surface area (TPSA) is 48.0 Å². The van der Waals surface area contributed by atoms with Gasteiger partial charge in [-0.3, -0.25) is 4.79 Å². The first-order chi connectivity index (χ1) is 11.1. The summed E-state index contributed by atoms with van der Waals surface area (Å²) in [4.78, 5) is 12.7. The predicted octanol–water partition coefficient (Wildman–Crippen LogP) is 3.68. The van der Waals surface area contributed by atoms with Crippen molar-refractivity contribution in [2.24, 2.45) is 5.73 Å². The molecule has 0 fully saturated rings. The lowest BCUT2D eigenvalue weighted by Crippen LogP contribution is -2.44. The van der Waals surface area contributed by atoms with Gasteiger partial charge in [-0.15, -0.1) is 0 Å². The first-order valence-corrected chi connectivity index (χ1v) is 7.86. The highest BCUT2D eigenvalue weighted by Gasteiger charge is 2.33. The van der Waals surface area contributed by atoms with Gasteiger partial charge in [0.25, 0.3) is 0 Å². The van der Waals surface area contributed by atoms with E-state index in [0.717, 1.165) is 11.1 Å². The summed E-state index contributed by atoms with van der Waals surface area (Å²) >= 11 is 0. The highest BCUT2D eigenvalue weighted by atomic mass is 16.1. The van der Waals surface area contributed by atoms with Crippen molar-refractivity contribution in [3.05, 3.63) is 79.3 Å². The van der Waals surface area contributed by atoms with Crippen LogP contribution < -0.4 is 5.73 Å². The Balaban J connectivity index is 1.78. The second-order valence-electron chi connectivity index (χ2n) is 5.83. The normalized spacial score (nSPS) is 13.8. The number of Topliss-reactive ketones (excluding diaryl/α,β-unsaturated/α-hetero) is 1. The molecule has 3 rings (SSSR count). The zero-order valence-corrected chi connectivity index (χ0v) is 13.1. The number of benzene rings is 2. The molecule has 1 aromatic heterocycles. The van der Waals surface area contributed by atoms with E-state index in [1.54, 1.807) is 0 Å². The second kappa shape index (κ2) is 6.39. The average molecular weight is 305 g/mol. The van der Waals surface area contributed by atoms with Crippen molar-refractivity contribution in [1.82, 2.24) is 4.57 Å². The molecule has 0 aliphatic carbocycles. The Hall–Kier alpha value is -2.39. The molecule has 0 saturated heterocycles. The molecule has 117 valence electrons. The number of hydrogen-bond acceptors (Lipinski definition) is 2. The third kappa shape index (κ3) is 2.92. The van der Waals surface area contributed by atoms with Crippen LogP contribution in [0.5, 0.6) is 0 Å². The van der Waals surface area contributed by atoms with E-state index < -0.39 is 5.54 Å². The molecule has 1 atom stereocenters. The summed E-state index contributed by atoms with van der Waals surface area (Å²) in [6.07, 6.45) is 2.75. The molecule has 3 aromatic rings. The third-order valence-electron chi connectivity index (χ3n) is 4.44. The Kier molecular flexibility index (Phi) is 4.30. The van der Waals surface area contributed by atoms with Gasteiger partial charge in [0.2, 0.25) is 0 Å². The van der Waals surface area contributed by atoms with E-state index in [4.69, 9.17) is 5.73 Å². The molecule has 0 bridgehead atoms. The van der Waals surface area contributed by atoms with E-state index in [1.165, 1.54) is 5.39 Å². The van der Waals surface area contributed by atoms with E-state index in [-0.39, 0.29) is 5.78 Å². The minimum atomic E-state index is -1.01. The Bertz CT molecular complexity index is 807. The summed E-state index contributed by atoms with van der Waals surface area (Å²) in [5.74, 6) is 0.0245. The molecule has 0 aliphatic heterocycles. The van der Waals surface area contributed by atoms with Crippen LogP contribution in [0.1, 0.15) is 18.4 Å². The van der Waals surface area contributed by atoms with Gasteiger partial charge in [-0.2, -0.15) is 0 Å². The van der Waals surface area contributed by atoms with Crippen LogP contribution in [0, 0.1) is 6.92 Å². The number of carbonyl (C=O) groups is 1. The zero-order chi connectivity index (χ0) is 16.3. The summed E-state index contributed by atoms with van der Waals surface area (Å²) in [7, 11) is 0. The van der Waals surface area contributed by atoms with Gasteiger partial charge in [-0.25, -0.2) is 0 Å². The van der Waals surface area contributed by atoms with Crippen molar-refractivity contribution in [2.75, 3.05) is 0 Å². The minimum Gasteiger partial charge on any atom is -0.347 e. The highest BCUT2D eigenvalue weighted by Crippen LogP contribution is 2.25. The summed E-state index contributed by atoms with van der Waals surface area (Å²) in [5, 5.41) is 1.18. The van der Waals surface area contributed by atoms with Crippen molar-refractivity contribution < 1.29 is 4.79 Å². The standard InChI is InChI=1S/C20H21N2O/c1-2-20(21,17-9-4-3-5-10-17)19(23)13-15-22-14-12-16-8-6-7-11-18(16)22/h3-12,14H,1-2,13,15,21H2. The average Bonchev–Trinajstić information content (AvgIpc) is 3.03. The van der Waals surface area contributed by atoms with Crippen LogP contribution >= 0.6 is 0 Å². The Morgan fingerprint density at radius 3 is 2.48 bits per heavy atom. The van der Waals surface area contributed by atoms with Crippen LogP contribution in [0.3, 0.4) is 0 Å². The summed E-state index contributed by atoms with van der Waals surface area (Å²) < 4.78 is 2.10. The lowest BCUT2D eigenvalue weighted by molar-refractivity contribution is -0.124. The number of para-hydroxylation sites is 1. The predicted molar refractivity (Wildman–Crippen MR) is 93.8 cm³/mol. The number of aromatic nitrogens is 1. The molecule has 2 aromatic carbocycles. The Labute approximate surface area is 136 Å². The number of aryl methyl sites for hydroxylation is 1. The summed E-state index contributed by atoms with van der Waals surface area (Å²) in [6.45, 7) is 4.52. The number of rotatable bonds is 6. The number of ketones is 1. The van der Waals surface area contributed by atoms with Crippen molar-refractivity contribution in [3.8, 4) is 0 Å². The number of carbonyl (C=O) groups excluding carboxylic acids is 1. The van der Waals surface area contributed by atoms with Gasteiger partial charge in [0.15, 0.2) is 5.78 Å². The largest absolute Gasteiger partial charge is 0.347 e. The molecule has 0 amide bonds. The van der Waals surface area contributed by atoms with Crippen LogP contribution in [0.25, 0.3) is 10.9 Å². The van der Waals surface area contributed by atoms with Gasteiger partial charge in [0.1, 0.15) is 5.54 Å². The van der Waals surface area contributed by atoms with E-state index in [2.05, 4.69) is 29.7 Å². The van der Waals surface area contributed by atoms with Crippen LogP contribution in [0.2, 0.25) is 0 Å². The molecule has 3 nitrogen and oxygen atoms in total. The Morgan fingerprint density at radius 2 is 1.74 bits per heavy atom. The second-order valence-corrected chi connectivity index (χ2v) is 5.83. The molecule has 1 unspecified atom stereocenters. The third-order valence-corrected chi connectivity index (χ3v) is 4.44. The van der Waals surface area contributed by atoms with Crippen molar-refractivity contribution >= 4 is 16.7 Å². The fraction of sp³-hybridized carbons (Fsp3) is 0.200. The molecular weight excluding hydrogens is 284 g/mol. The van der Waals surface area contributed by atoms with Crippen LogP contribution in [-0.2, 0) is 16.9 Å². The van der Waals surface area contributed by atoms with E-state index >= 15 is 0 Å². The smallest absolute Gasteiger partial charge is 0.158 e. The van der Waals surface area contributed by atoms with Crippen molar-refractivity contribution in [1.29, 1.82) is 0 Å². The van der Waals surface area contributed by atoms with Gasteiger partial charge in [0.05, 0.1) is 0 Å². The number of nitrogens with zero attached hydrogens (tertiary/aromatic N) is 1. The molecule has 0 aliphatic rings. The van der Waals surface area contributed by atoms with E-state index in [0.29, 0.717) is 19.4 Å². The maximum Gasteiger partial charge on any atom is 0.158 e. The summed E-state index contributed by atoms with van der Waals surface area (Å²) in [5.41, 5.74) is 7.35.